The fraction of sp³-hybridized carbons (Fsp3) is 0.0800. The summed E-state index contributed by atoms with van der Waals surface area (Å²) < 4.78 is 19.0. The molecule has 3 aromatic rings. The highest BCUT2D eigenvalue weighted by molar-refractivity contribution is 9.10. The average molecular weight is 508 g/mol. The number of nitrogens with one attached hydrogen (secondary N) is 2. The summed E-state index contributed by atoms with van der Waals surface area (Å²) in [5.41, 5.74) is 2.51. The lowest BCUT2D eigenvalue weighted by Gasteiger charge is -2.10. The van der Waals surface area contributed by atoms with Crippen molar-refractivity contribution in [2.24, 2.45) is 0 Å². The van der Waals surface area contributed by atoms with Crippen LogP contribution in [0.5, 0.6) is 5.75 Å². The SMILES string of the molecule is Cc1ccccc1NC(=O)/C(C#N)=C\c1ccc(OCC(=O)Nc2ccc(F)cc2)c(Br)c1. The van der Waals surface area contributed by atoms with Gasteiger partial charge in [-0.3, -0.25) is 9.59 Å². The van der Waals surface area contributed by atoms with E-state index in [1.54, 1.807) is 30.3 Å². The molecule has 0 fully saturated rings. The van der Waals surface area contributed by atoms with Gasteiger partial charge in [0.1, 0.15) is 23.2 Å². The zero-order valence-electron chi connectivity index (χ0n) is 17.6. The summed E-state index contributed by atoms with van der Waals surface area (Å²) >= 11 is 3.37. The summed E-state index contributed by atoms with van der Waals surface area (Å²) in [5, 5.41) is 14.8. The van der Waals surface area contributed by atoms with Gasteiger partial charge in [-0.15, -0.1) is 0 Å². The van der Waals surface area contributed by atoms with Gasteiger partial charge in [0.15, 0.2) is 6.61 Å². The molecule has 33 heavy (non-hydrogen) atoms. The fourth-order valence-electron chi connectivity index (χ4n) is 2.82. The predicted molar refractivity (Wildman–Crippen MR) is 128 cm³/mol. The molecule has 2 amide bonds. The Morgan fingerprint density at radius 1 is 1.09 bits per heavy atom. The Labute approximate surface area is 198 Å². The highest BCUT2D eigenvalue weighted by Crippen LogP contribution is 2.27. The van der Waals surface area contributed by atoms with E-state index in [1.807, 2.05) is 25.1 Å². The molecule has 2 N–H and O–H groups in total. The standard InChI is InChI=1S/C25H19BrFN3O3/c1-16-4-2-3-5-22(16)30-25(32)18(14-28)12-17-6-11-23(21(26)13-17)33-15-24(31)29-20-9-7-19(27)8-10-20/h2-13H,15H2,1H3,(H,29,31)(H,30,32)/b18-12-. The van der Waals surface area contributed by atoms with Gasteiger partial charge in [0.05, 0.1) is 4.47 Å². The van der Waals surface area contributed by atoms with Crippen molar-refractivity contribution in [3.63, 3.8) is 0 Å². The Bertz CT molecular complexity index is 1250. The van der Waals surface area contributed by atoms with E-state index in [2.05, 4.69) is 26.6 Å². The van der Waals surface area contributed by atoms with Gasteiger partial charge in [-0.05, 0) is 82.5 Å². The smallest absolute Gasteiger partial charge is 0.266 e. The lowest BCUT2D eigenvalue weighted by atomic mass is 10.1. The summed E-state index contributed by atoms with van der Waals surface area (Å²) in [6, 6.07) is 19.6. The lowest BCUT2D eigenvalue weighted by Crippen LogP contribution is -2.20. The minimum atomic E-state index is -0.513. The van der Waals surface area contributed by atoms with Crippen molar-refractivity contribution in [3.05, 3.63) is 93.7 Å². The zero-order valence-corrected chi connectivity index (χ0v) is 19.1. The number of nitrogens with zero attached hydrogens (tertiary/aromatic N) is 1. The second kappa shape index (κ2) is 11.1. The normalized spacial score (nSPS) is 10.8. The number of carbonyl (C=O) groups excluding carboxylic acids is 2. The number of rotatable bonds is 7. The molecule has 0 bridgehead atoms. The van der Waals surface area contributed by atoms with Crippen molar-refractivity contribution in [1.82, 2.24) is 0 Å². The molecule has 0 heterocycles. The quantitative estimate of drug-likeness (QED) is 0.328. The van der Waals surface area contributed by atoms with Gasteiger partial charge in [0, 0.05) is 11.4 Å². The number of halogens is 2. The second-order valence-corrected chi connectivity index (χ2v) is 7.83. The largest absolute Gasteiger partial charge is 0.483 e. The number of ether oxygens (including phenoxy) is 1. The maximum atomic E-state index is 12.9. The first-order valence-corrected chi connectivity index (χ1v) is 10.6. The molecule has 0 aliphatic carbocycles. The highest BCUT2D eigenvalue weighted by Gasteiger charge is 2.12. The number of carbonyl (C=O) groups is 2. The molecule has 166 valence electrons. The van der Waals surface area contributed by atoms with Crippen LogP contribution in [-0.2, 0) is 9.59 Å². The Morgan fingerprint density at radius 3 is 2.48 bits per heavy atom. The van der Waals surface area contributed by atoms with Crippen LogP contribution in [-0.4, -0.2) is 18.4 Å². The van der Waals surface area contributed by atoms with Crippen LogP contribution < -0.4 is 15.4 Å². The number of anilines is 2. The molecule has 0 saturated heterocycles. The Morgan fingerprint density at radius 2 is 1.82 bits per heavy atom. The highest BCUT2D eigenvalue weighted by atomic mass is 79.9. The van der Waals surface area contributed by atoms with Crippen LogP contribution in [0.2, 0.25) is 0 Å². The number of hydrogen-bond acceptors (Lipinski definition) is 4. The van der Waals surface area contributed by atoms with Crippen molar-refractivity contribution in [2.75, 3.05) is 17.2 Å². The summed E-state index contributed by atoms with van der Waals surface area (Å²) in [4.78, 5) is 24.5. The first-order chi connectivity index (χ1) is 15.9. The van der Waals surface area contributed by atoms with Gasteiger partial charge in [-0.2, -0.15) is 5.26 Å². The molecule has 3 rings (SSSR count). The van der Waals surface area contributed by atoms with Gasteiger partial charge >= 0.3 is 0 Å². The molecule has 0 unspecified atom stereocenters. The van der Waals surface area contributed by atoms with Crippen LogP contribution in [0.25, 0.3) is 6.08 Å². The minimum Gasteiger partial charge on any atom is -0.483 e. The van der Waals surface area contributed by atoms with Crippen LogP contribution in [0.3, 0.4) is 0 Å². The van der Waals surface area contributed by atoms with Crippen LogP contribution in [0.15, 0.2) is 76.8 Å². The molecule has 0 aliphatic heterocycles. The van der Waals surface area contributed by atoms with E-state index >= 15 is 0 Å². The Hall–Kier alpha value is -3.96. The zero-order chi connectivity index (χ0) is 23.8. The van der Waals surface area contributed by atoms with Crippen molar-refractivity contribution in [1.29, 1.82) is 5.26 Å². The summed E-state index contributed by atoms with van der Waals surface area (Å²) in [7, 11) is 0. The maximum absolute atomic E-state index is 12.9. The van der Waals surface area contributed by atoms with Crippen molar-refractivity contribution < 1.29 is 18.7 Å². The third-order valence-corrected chi connectivity index (χ3v) is 5.13. The van der Waals surface area contributed by atoms with Crippen LogP contribution in [0, 0.1) is 24.1 Å². The molecule has 0 aromatic heterocycles. The Balaban J connectivity index is 1.63. The van der Waals surface area contributed by atoms with Gasteiger partial charge in [-0.25, -0.2) is 4.39 Å². The van der Waals surface area contributed by atoms with E-state index < -0.39 is 17.6 Å². The van der Waals surface area contributed by atoms with Crippen LogP contribution in [0.4, 0.5) is 15.8 Å². The summed E-state index contributed by atoms with van der Waals surface area (Å²) in [6.07, 6.45) is 1.46. The second-order valence-electron chi connectivity index (χ2n) is 6.97. The predicted octanol–water partition coefficient (Wildman–Crippen LogP) is 5.46. The van der Waals surface area contributed by atoms with E-state index in [0.29, 0.717) is 27.2 Å². The molecule has 0 aliphatic rings. The molecular formula is C25H19BrFN3O3. The molecule has 8 heteroatoms. The number of aryl methyl sites for hydroxylation is 1. The number of nitriles is 1. The fourth-order valence-corrected chi connectivity index (χ4v) is 3.33. The van der Waals surface area contributed by atoms with Gasteiger partial charge < -0.3 is 15.4 Å². The lowest BCUT2D eigenvalue weighted by molar-refractivity contribution is -0.118. The number of hydrogen-bond donors (Lipinski definition) is 2. The van der Waals surface area contributed by atoms with E-state index in [4.69, 9.17) is 4.74 Å². The molecule has 0 spiro atoms. The first kappa shape index (κ1) is 23.7. The topological polar surface area (TPSA) is 91.2 Å². The molecule has 0 radical (unpaired) electrons. The van der Waals surface area contributed by atoms with Crippen molar-refractivity contribution in [2.45, 2.75) is 6.92 Å². The minimum absolute atomic E-state index is 0.0579. The van der Waals surface area contributed by atoms with E-state index in [-0.39, 0.29) is 12.2 Å². The van der Waals surface area contributed by atoms with E-state index in [9.17, 15) is 19.2 Å². The van der Waals surface area contributed by atoms with Crippen molar-refractivity contribution >= 4 is 45.2 Å². The monoisotopic (exact) mass is 507 g/mol. The summed E-state index contributed by atoms with van der Waals surface area (Å²) in [5.74, 6) is -0.906. The van der Waals surface area contributed by atoms with E-state index in [1.165, 1.54) is 30.3 Å². The van der Waals surface area contributed by atoms with Gasteiger partial charge in [0.2, 0.25) is 0 Å². The van der Waals surface area contributed by atoms with Crippen LogP contribution >= 0.6 is 15.9 Å². The maximum Gasteiger partial charge on any atom is 0.266 e. The molecule has 0 atom stereocenters. The van der Waals surface area contributed by atoms with Crippen LogP contribution in [0.1, 0.15) is 11.1 Å². The third kappa shape index (κ3) is 6.76. The molecule has 3 aromatic carbocycles. The van der Waals surface area contributed by atoms with Crippen molar-refractivity contribution in [3.8, 4) is 11.8 Å². The Kier molecular flexibility index (Phi) is 7.95. The summed E-state index contributed by atoms with van der Waals surface area (Å²) in [6.45, 7) is 1.61. The number of para-hydroxylation sites is 1. The van der Waals surface area contributed by atoms with Gasteiger partial charge in [0.25, 0.3) is 11.8 Å². The van der Waals surface area contributed by atoms with Gasteiger partial charge in [-0.1, -0.05) is 24.3 Å². The number of amides is 2. The third-order valence-electron chi connectivity index (χ3n) is 4.51. The average Bonchev–Trinajstić information content (AvgIpc) is 2.80. The molecule has 0 saturated carbocycles. The molecule has 6 nitrogen and oxygen atoms in total. The first-order valence-electron chi connectivity index (χ1n) is 9.82. The molecular weight excluding hydrogens is 489 g/mol. The number of benzene rings is 3. The van der Waals surface area contributed by atoms with E-state index in [0.717, 1.165) is 5.56 Å².